The molecule has 1 aromatic heterocycles. The van der Waals surface area contributed by atoms with E-state index in [1.807, 2.05) is 0 Å². The number of nitrogens with zero attached hydrogens (tertiary/aromatic N) is 1. The molecule has 0 saturated carbocycles. The van der Waals surface area contributed by atoms with Crippen molar-refractivity contribution in [3.05, 3.63) is 76.5 Å². The molecule has 0 aliphatic carbocycles. The van der Waals surface area contributed by atoms with Crippen LogP contribution in [0, 0.1) is 5.82 Å². The summed E-state index contributed by atoms with van der Waals surface area (Å²) in [5.74, 6) is -1.97. The zero-order valence-electron chi connectivity index (χ0n) is 14.5. The number of halogens is 1. The van der Waals surface area contributed by atoms with Crippen LogP contribution < -0.4 is 5.56 Å². The second-order valence-electron chi connectivity index (χ2n) is 5.62. The van der Waals surface area contributed by atoms with Crippen LogP contribution in [0.3, 0.4) is 0 Å². The first-order chi connectivity index (χ1) is 13.0. The van der Waals surface area contributed by atoms with Gasteiger partial charge in [0.1, 0.15) is 5.82 Å². The van der Waals surface area contributed by atoms with Gasteiger partial charge in [-0.05, 0) is 31.2 Å². The normalized spacial score (nSPS) is 10.6. The molecular formula is C20H16FNO5. The molecule has 138 valence electrons. The van der Waals surface area contributed by atoms with Gasteiger partial charge in [-0.2, -0.15) is 0 Å². The fourth-order valence-electron chi connectivity index (χ4n) is 2.68. The van der Waals surface area contributed by atoms with Crippen molar-refractivity contribution >= 4 is 22.7 Å². The smallest absolute Gasteiger partial charge is 0.344 e. The van der Waals surface area contributed by atoms with Crippen molar-refractivity contribution in [3.8, 4) is 5.69 Å². The zero-order valence-corrected chi connectivity index (χ0v) is 14.5. The molecule has 0 saturated heterocycles. The second kappa shape index (κ2) is 7.82. The highest BCUT2D eigenvalue weighted by atomic mass is 19.1. The van der Waals surface area contributed by atoms with Crippen LogP contribution in [0.15, 0.2) is 59.5 Å². The lowest BCUT2D eigenvalue weighted by molar-refractivity contribution is -0.146. The molecule has 3 rings (SSSR count). The lowest BCUT2D eigenvalue weighted by Gasteiger charge is -2.12. The molecule has 0 aliphatic heterocycles. The summed E-state index contributed by atoms with van der Waals surface area (Å²) < 4.78 is 24.5. The fourth-order valence-corrected chi connectivity index (χ4v) is 2.68. The molecule has 0 amide bonds. The average Bonchev–Trinajstić information content (AvgIpc) is 2.67. The molecule has 0 radical (unpaired) electrons. The number of ether oxygens (including phenoxy) is 2. The summed E-state index contributed by atoms with van der Waals surface area (Å²) in [4.78, 5) is 36.7. The molecule has 0 spiro atoms. The first-order valence-corrected chi connectivity index (χ1v) is 8.24. The molecule has 0 N–H and O–H groups in total. The van der Waals surface area contributed by atoms with Gasteiger partial charge >= 0.3 is 11.9 Å². The van der Waals surface area contributed by atoms with E-state index in [0.29, 0.717) is 5.39 Å². The highest BCUT2D eigenvalue weighted by Crippen LogP contribution is 2.19. The molecular weight excluding hydrogens is 353 g/mol. The Balaban J connectivity index is 2.09. The van der Waals surface area contributed by atoms with Gasteiger partial charge in [-0.3, -0.25) is 9.36 Å². The average molecular weight is 369 g/mol. The largest absolute Gasteiger partial charge is 0.463 e. The third kappa shape index (κ3) is 3.87. The Hall–Kier alpha value is -3.48. The van der Waals surface area contributed by atoms with Crippen LogP contribution in [-0.4, -0.2) is 29.7 Å². The van der Waals surface area contributed by atoms with Crippen LogP contribution in [0.4, 0.5) is 4.39 Å². The van der Waals surface area contributed by atoms with E-state index < -0.39 is 29.9 Å². The number of hydrogen-bond acceptors (Lipinski definition) is 5. The van der Waals surface area contributed by atoms with Crippen LogP contribution in [0.5, 0.6) is 0 Å². The van der Waals surface area contributed by atoms with Gasteiger partial charge in [-0.15, -0.1) is 0 Å². The topological polar surface area (TPSA) is 74.6 Å². The monoisotopic (exact) mass is 369 g/mol. The third-order valence-corrected chi connectivity index (χ3v) is 3.86. The van der Waals surface area contributed by atoms with Gasteiger partial charge in [0.05, 0.1) is 17.9 Å². The summed E-state index contributed by atoms with van der Waals surface area (Å²) in [6.07, 6.45) is 1.28. The number of esters is 2. The molecule has 2 aromatic carbocycles. The van der Waals surface area contributed by atoms with Crippen molar-refractivity contribution in [3.63, 3.8) is 0 Å². The van der Waals surface area contributed by atoms with Gasteiger partial charge in [0.25, 0.3) is 5.56 Å². The van der Waals surface area contributed by atoms with Gasteiger partial charge in [0.15, 0.2) is 6.61 Å². The highest BCUT2D eigenvalue weighted by Gasteiger charge is 2.18. The van der Waals surface area contributed by atoms with Gasteiger partial charge in [0.2, 0.25) is 0 Å². The Morgan fingerprint density at radius 2 is 1.78 bits per heavy atom. The number of carbonyl (C=O) groups excluding carboxylic acids is 2. The lowest BCUT2D eigenvalue weighted by atomic mass is 10.1. The molecule has 7 heteroatoms. The van der Waals surface area contributed by atoms with E-state index in [9.17, 15) is 18.8 Å². The highest BCUT2D eigenvalue weighted by molar-refractivity contribution is 6.04. The third-order valence-electron chi connectivity index (χ3n) is 3.86. The maximum absolute atomic E-state index is 13.6. The SMILES string of the molecule is CCOC(=O)COC(=O)c1cn(-c2cccc(F)c2)c(=O)c2ccccc12. The predicted molar refractivity (Wildman–Crippen MR) is 96.4 cm³/mol. The Morgan fingerprint density at radius 1 is 1.04 bits per heavy atom. The number of hydrogen-bond donors (Lipinski definition) is 0. The van der Waals surface area contributed by atoms with Crippen molar-refractivity contribution in [1.29, 1.82) is 0 Å². The summed E-state index contributed by atoms with van der Waals surface area (Å²) in [6, 6.07) is 12.0. The molecule has 6 nitrogen and oxygen atoms in total. The second-order valence-corrected chi connectivity index (χ2v) is 5.62. The predicted octanol–water partition coefficient (Wildman–Crippen LogP) is 2.85. The van der Waals surface area contributed by atoms with Crippen molar-refractivity contribution in [2.24, 2.45) is 0 Å². The van der Waals surface area contributed by atoms with Gasteiger partial charge in [-0.25, -0.2) is 14.0 Å². The Morgan fingerprint density at radius 3 is 2.48 bits per heavy atom. The minimum atomic E-state index is -0.788. The summed E-state index contributed by atoms with van der Waals surface area (Å²) >= 11 is 0. The molecule has 1 heterocycles. The summed E-state index contributed by atoms with van der Waals surface area (Å²) in [5, 5.41) is 0.649. The number of carbonyl (C=O) groups is 2. The molecule has 0 fully saturated rings. The van der Waals surface area contributed by atoms with Crippen molar-refractivity contribution in [2.75, 3.05) is 13.2 Å². The van der Waals surface area contributed by atoms with E-state index in [0.717, 1.165) is 0 Å². The number of benzene rings is 2. The zero-order chi connectivity index (χ0) is 19.4. The number of aromatic nitrogens is 1. The fraction of sp³-hybridized carbons (Fsp3) is 0.150. The molecule has 0 unspecified atom stereocenters. The maximum atomic E-state index is 13.6. The van der Waals surface area contributed by atoms with E-state index >= 15 is 0 Å². The van der Waals surface area contributed by atoms with E-state index in [1.165, 1.54) is 29.0 Å². The van der Waals surface area contributed by atoms with Crippen LogP contribution in [0.2, 0.25) is 0 Å². The minimum Gasteiger partial charge on any atom is -0.463 e. The lowest BCUT2D eigenvalue weighted by Crippen LogP contribution is -2.22. The minimum absolute atomic E-state index is 0.0822. The molecule has 27 heavy (non-hydrogen) atoms. The summed E-state index contributed by atoms with van der Waals surface area (Å²) in [5.41, 5.74) is -0.0536. The number of fused-ring (bicyclic) bond motifs is 1. The van der Waals surface area contributed by atoms with Crippen molar-refractivity contribution in [1.82, 2.24) is 4.57 Å². The summed E-state index contributed by atoms with van der Waals surface area (Å²) in [6.45, 7) is 1.27. The first-order valence-electron chi connectivity index (χ1n) is 8.24. The number of rotatable bonds is 5. The Bertz CT molecular complexity index is 1070. The van der Waals surface area contributed by atoms with E-state index in [4.69, 9.17) is 9.47 Å². The van der Waals surface area contributed by atoms with E-state index in [-0.39, 0.29) is 23.2 Å². The van der Waals surface area contributed by atoms with Crippen LogP contribution >= 0.6 is 0 Å². The standard InChI is InChI=1S/C20H16FNO5/c1-2-26-18(23)12-27-20(25)17-11-22(14-7-5-6-13(21)10-14)19(24)16-9-4-3-8-15(16)17/h3-11H,2,12H2,1H3. The molecule has 3 aromatic rings. The van der Waals surface area contributed by atoms with E-state index in [2.05, 4.69) is 0 Å². The van der Waals surface area contributed by atoms with Crippen LogP contribution in [0.25, 0.3) is 16.5 Å². The molecule has 0 bridgehead atoms. The maximum Gasteiger partial charge on any atom is 0.344 e. The molecule has 0 aliphatic rings. The first kappa shape index (κ1) is 18.3. The number of pyridine rings is 1. The van der Waals surface area contributed by atoms with Gasteiger partial charge < -0.3 is 9.47 Å². The Labute approximate surface area is 153 Å². The summed E-state index contributed by atoms with van der Waals surface area (Å²) in [7, 11) is 0. The molecule has 0 atom stereocenters. The quantitative estimate of drug-likeness (QED) is 0.647. The Kier molecular flexibility index (Phi) is 5.30. The van der Waals surface area contributed by atoms with Gasteiger partial charge in [0, 0.05) is 17.0 Å². The van der Waals surface area contributed by atoms with E-state index in [1.54, 1.807) is 37.3 Å². The van der Waals surface area contributed by atoms with Crippen LogP contribution in [-0.2, 0) is 14.3 Å². The van der Waals surface area contributed by atoms with Crippen molar-refractivity contribution < 1.29 is 23.5 Å². The van der Waals surface area contributed by atoms with Crippen molar-refractivity contribution in [2.45, 2.75) is 6.92 Å². The van der Waals surface area contributed by atoms with Gasteiger partial charge in [-0.1, -0.05) is 24.3 Å². The van der Waals surface area contributed by atoms with Crippen LogP contribution in [0.1, 0.15) is 17.3 Å².